The molecule has 0 aromatic heterocycles. The smallest absolute Gasteiger partial charge is 0.114 e. The Morgan fingerprint density at radius 3 is 1.94 bits per heavy atom. The van der Waals surface area contributed by atoms with Crippen LogP contribution in [0.3, 0.4) is 0 Å². The van der Waals surface area contributed by atoms with Crippen molar-refractivity contribution in [3.05, 3.63) is 71.3 Å². The molecule has 0 radical (unpaired) electrons. The van der Waals surface area contributed by atoms with Gasteiger partial charge in [-0.25, -0.2) is 0 Å². The zero-order valence-corrected chi connectivity index (χ0v) is 9.26. The van der Waals surface area contributed by atoms with Crippen LogP contribution in [0.15, 0.2) is 54.6 Å². The average Bonchev–Trinajstić information content (AvgIpc) is 3.11. The monoisotopic (exact) mass is 210 g/mol. The van der Waals surface area contributed by atoms with E-state index in [0.29, 0.717) is 0 Å². The third-order valence-corrected chi connectivity index (χ3v) is 3.03. The number of hydrogen-bond donors (Lipinski definition) is 0. The molecule has 1 heteroatoms. The molecule has 1 fully saturated rings. The highest BCUT2D eigenvalue weighted by atomic mass is 16.6. The Kier molecular flexibility index (Phi) is 2.26. The summed E-state index contributed by atoms with van der Waals surface area (Å²) in [4.78, 5) is 0. The van der Waals surface area contributed by atoms with Crippen LogP contribution in [0.1, 0.15) is 28.9 Å². The molecular weight excluding hydrogens is 196 g/mol. The molecule has 1 heterocycles. The number of epoxide rings is 1. The Balaban J connectivity index is 1.79. The molecule has 0 spiro atoms. The minimum Gasteiger partial charge on any atom is -0.359 e. The van der Waals surface area contributed by atoms with E-state index in [1.54, 1.807) is 0 Å². The van der Waals surface area contributed by atoms with Gasteiger partial charge >= 0.3 is 0 Å². The fraction of sp³-hybridized carbons (Fsp3) is 0.200. The van der Waals surface area contributed by atoms with Crippen molar-refractivity contribution in [2.45, 2.75) is 19.1 Å². The highest BCUT2D eigenvalue weighted by Gasteiger charge is 2.40. The number of hydrogen-bond acceptors (Lipinski definition) is 1. The first kappa shape index (κ1) is 9.61. The van der Waals surface area contributed by atoms with Crippen LogP contribution >= 0.6 is 0 Å². The second kappa shape index (κ2) is 3.76. The van der Waals surface area contributed by atoms with Gasteiger partial charge in [-0.05, 0) is 18.1 Å². The van der Waals surface area contributed by atoms with Gasteiger partial charge in [0.15, 0.2) is 0 Å². The molecule has 16 heavy (non-hydrogen) atoms. The van der Waals surface area contributed by atoms with Crippen LogP contribution < -0.4 is 0 Å². The molecule has 3 rings (SSSR count). The first-order valence-corrected chi connectivity index (χ1v) is 5.61. The molecule has 0 unspecified atom stereocenters. The van der Waals surface area contributed by atoms with Crippen LogP contribution in [-0.4, -0.2) is 0 Å². The second-order valence-corrected chi connectivity index (χ2v) is 4.30. The molecule has 2 aromatic carbocycles. The normalized spacial score (nSPS) is 23.1. The van der Waals surface area contributed by atoms with Gasteiger partial charge in [0.2, 0.25) is 0 Å². The number of benzene rings is 2. The summed E-state index contributed by atoms with van der Waals surface area (Å²) in [6.45, 7) is 2.10. The fourth-order valence-corrected chi connectivity index (χ4v) is 2.02. The molecule has 1 nitrogen and oxygen atoms in total. The minimum absolute atomic E-state index is 0.253. The van der Waals surface area contributed by atoms with Crippen molar-refractivity contribution in [2.75, 3.05) is 0 Å². The maximum atomic E-state index is 5.73. The maximum Gasteiger partial charge on any atom is 0.114 e. The molecule has 0 saturated carbocycles. The molecule has 1 saturated heterocycles. The molecule has 80 valence electrons. The minimum atomic E-state index is 0.253. The van der Waals surface area contributed by atoms with Crippen LogP contribution in [0.25, 0.3) is 0 Å². The van der Waals surface area contributed by atoms with Crippen molar-refractivity contribution in [3.63, 3.8) is 0 Å². The van der Waals surface area contributed by atoms with Gasteiger partial charge in [0.1, 0.15) is 12.2 Å². The highest BCUT2D eigenvalue weighted by molar-refractivity contribution is 5.31. The molecule has 2 atom stereocenters. The molecule has 0 N–H and O–H groups in total. The van der Waals surface area contributed by atoms with Gasteiger partial charge in [-0.15, -0.1) is 0 Å². The molecule has 0 bridgehead atoms. The third kappa shape index (κ3) is 1.74. The van der Waals surface area contributed by atoms with Crippen LogP contribution in [-0.2, 0) is 4.74 Å². The van der Waals surface area contributed by atoms with Crippen molar-refractivity contribution < 1.29 is 4.74 Å². The zero-order valence-electron chi connectivity index (χ0n) is 9.26. The van der Waals surface area contributed by atoms with Crippen molar-refractivity contribution in [1.82, 2.24) is 0 Å². The summed E-state index contributed by atoms with van der Waals surface area (Å²) in [5.41, 5.74) is 3.84. The van der Waals surface area contributed by atoms with E-state index >= 15 is 0 Å². The molecule has 0 aliphatic carbocycles. The van der Waals surface area contributed by atoms with Crippen LogP contribution in [0.4, 0.5) is 0 Å². The first-order chi connectivity index (χ1) is 7.84. The maximum absolute atomic E-state index is 5.73. The molecule has 0 amide bonds. The van der Waals surface area contributed by atoms with E-state index in [-0.39, 0.29) is 12.2 Å². The lowest BCUT2D eigenvalue weighted by molar-refractivity contribution is 0.377. The SMILES string of the molecule is Cc1ccc([C@@H]2O[C@@H]2c2ccccc2)cc1. The van der Waals surface area contributed by atoms with Crippen LogP contribution in [0.5, 0.6) is 0 Å². The predicted molar refractivity (Wildman–Crippen MR) is 64.2 cm³/mol. The van der Waals surface area contributed by atoms with Gasteiger partial charge < -0.3 is 4.74 Å². The summed E-state index contributed by atoms with van der Waals surface area (Å²) >= 11 is 0. The lowest BCUT2D eigenvalue weighted by Crippen LogP contribution is -1.84. The van der Waals surface area contributed by atoms with Gasteiger partial charge in [-0.1, -0.05) is 60.2 Å². The van der Waals surface area contributed by atoms with Crippen LogP contribution in [0.2, 0.25) is 0 Å². The standard InChI is InChI=1S/C15H14O/c1-11-7-9-13(10-8-11)15-14(16-15)12-5-3-2-4-6-12/h2-10,14-15H,1H3/t14-,15+/m1/s1. The van der Waals surface area contributed by atoms with E-state index < -0.39 is 0 Å². The summed E-state index contributed by atoms with van der Waals surface area (Å²) in [6.07, 6.45) is 0.506. The Bertz CT molecular complexity index is 473. The zero-order chi connectivity index (χ0) is 11.0. The van der Waals surface area contributed by atoms with Gasteiger partial charge in [0, 0.05) is 0 Å². The first-order valence-electron chi connectivity index (χ1n) is 5.61. The van der Waals surface area contributed by atoms with Crippen molar-refractivity contribution >= 4 is 0 Å². The Labute approximate surface area is 95.7 Å². The van der Waals surface area contributed by atoms with Crippen LogP contribution in [0, 0.1) is 6.92 Å². The number of rotatable bonds is 2. The largest absolute Gasteiger partial charge is 0.359 e. The molecular formula is C15H14O. The molecule has 2 aromatic rings. The van der Waals surface area contributed by atoms with E-state index in [2.05, 4.69) is 55.5 Å². The van der Waals surface area contributed by atoms with Gasteiger partial charge in [-0.3, -0.25) is 0 Å². The van der Waals surface area contributed by atoms with Gasteiger partial charge in [0.25, 0.3) is 0 Å². The summed E-state index contributed by atoms with van der Waals surface area (Å²) in [6, 6.07) is 19.0. The summed E-state index contributed by atoms with van der Waals surface area (Å²) < 4.78 is 5.73. The van der Waals surface area contributed by atoms with E-state index in [9.17, 15) is 0 Å². The highest BCUT2D eigenvalue weighted by Crippen LogP contribution is 2.50. The van der Waals surface area contributed by atoms with Gasteiger partial charge in [0.05, 0.1) is 0 Å². The number of ether oxygens (including phenoxy) is 1. The second-order valence-electron chi connectivity index (χ2n) is 4.30. The summed E-state index contributed by atoms with van der Waals surface area (Å²) in [5, 5.41) is 0. The summed E-state index contributed by atoms with van der Waals surface area (Å²) in [7, 11) is 0. The Morgan fingerprint density at radius 2 is 1.31 bits per heavy atom. The Hall–Kier alpha value is -1.60. The predicted octanol–water partition coefficient (Wildman–Crippen LogP) is 3.81. The van der Waals surface area contributed by atoms with Crippen molar-refractivity contribution in [3.8, 4) is 0 Å². The molecule has 1 aliphatic rings. The quantitative estimate of drug-likeness (QED) is 0.687. The van der Waals surface area contributed by atoms with Crippen molar-refractivity contribution in [2.24, 2.45) is 0 Å². The third-order valence-electron chi connectivity index (χ3n) is 3.03. The van der Waals surface area contributed by atoms with Gasteiger partial charge in [-0.2, -0.15) is 0 Å². The Morgan fingerprint density at radius 1 is 0.750 bits per heavy atom. The topological polar surface area (TPSA) is 12.5 Å². The fourth-order valence-electron chi connectivity index (χ4n) is 2.02. The van der Waals surface area contributed by atoms with E-state index in [0.717, 1.165) is 0 Å². The lowest BCUT2D eigenvalue weighted by atomic mass is 10.0. The number of aryl methyl sites for hydroxylation is 1. The van der Waals surface area contributed by atoms with E-state index in [1.165, 1.54) is 16.7 Å². The van der Waals surface area contributed by atoms with E-state index in [4.69, 9.17) is 4.74 Å². The molecule has 1 aliphatic heterocycles. The summed E-state index contributed by atoms with van der Waals surface area (Å²) in [5.74, 6) is 0. The van der Waals surface area contributed by atoms with Crippen molar-refractivity contribution in [1.29, 1.82) is 0 Å². The lowest BCUT2D eigenvalue weighted by Gasteiger charge is -1.97. The average molecular weight is 210 g/mol. The van der Waals surface area contributed by atoms with E-state index in [1.807, 2.05) is 6.07 Å².